The van der Waals surface area contributed by atoms with Crippen LogP contribution >= 0.6 is 11.6 Å². The highest BCUT2D eigenvalue weighted by molar-refractivity contribution is 6.31. The summed E-state index contributed by atoms with van der Waals surface area (Å²) in [5.41, 5.74) is 1.47. The van der Waals surface area contributed by atoms with E-state index in [9.17, 15) is 0 Å². The first-order valence-electron chi connectivity index (χ1n) is 3.14. The molecule has 0 unspecified atom stereocenters. The molecule has 0 fully saturated rings. The third kappa shape index (κ3) is 1.10. The molecule has 0 spiro atoms. The van der Waals surface area contributed by atoms with Crippen LogP contribution in [0.5, 0.6) is 0 Å². The molecule has 0 N–H and O–H groups in total. The van der Waals surface area contributed by atoms with E-state index in [1.807, 2.05) is 0 Å². The molecule has 0 bridgehead atoms. The molecule has 0 saturated carbocycles. The molecule has 2 nitrogen and oxygen atoms in total. The Bertz CT molecular complexity index is 394. The number of hydrogen-bond acceptors (Lipinski definition) is 2. The standard InChI is InChI=1S/C8H5ClNO/c1-5-10-7-4-6(9)2-3-8(7)11-5/h2-4H,1H2. The van der Waals surface area contributed by atoms with E-state index in [1.54, 1.807) is 18.2 Å². The molecule has 0 atom stereocenters. The van der Waals surface area contributed by atoms with E-state index in [1.165, 1.54) is 0 Å². The molecule has 1 aromatic carbocycles. The lowest BCUT2D eigenvalue weighted by atomic mass is 10.3. The van der Waals surface area contributed by atoms with Crippen molar-refractivity contribution in [2.75, 3.05) is 0 Å². The smallest absolute Gasteiger partial charge is 0.195 e. The monoisotopic (exact) mass is 166 g/mol. The largest absolute Gasteiger partial charge is 0.441 e. The summed E-state index contributed by atoms with van der Waals surface area (Å²) in [5, 5.41) is 0.658. The van der Waals surface area contributed by atoms with E-state index in [0.29, 0.717) is 10.9 Å². The predicted molar refractivity (Wildman–Crippen MR) is 43.5 cm³/mol. The lowest BCUT2D eigenvalue weighted by Gasteiger charge is -1.85. The van der Waals surface area contributed by atoms with E-state index in [0.717, 1.165) is 11.1 Å². The van der Waals surface area contributed by atoms with Gasteiger partial charge in [-0.25, -0.2) is 4.98 Å². The highest BCUT2D eigenvalue weighted by atomic mass is 35.5. The van der Waals surface area contributed by atoms with E-state index in [-0.39, 0.29) is 0 Å². The summed E-state index contributed by atoms with van der Waals surface area (Å²) < 4.78 is 5.14. The van der Waals surface area contributed by atoms with Crippen LogP contribution in [0.15, 0.2) is 22.6 Å². The van der Waals surface area contributed by atoms with E-state index in [2.05, 4.69) is 11.9 Å². The van der Waals surface area contributed by atoms with Gasteiger partial charge >= 0.3 is 0 Å². The maximum atomic E-state index is 5.73. The first-order valence-corrected chi connectivity index (χ1v) is 3.51. The average Bonchev–Trinajstić information content (AvgIpc) is 2.27. The van der Waals surface area contributed by atoms with Gasteiger partial charge in [-0.2, -0.15) is 0 Å². The normalized spacial score (nSPS) is 10.7. The molecule has 1 aromatic heterocycles. The summed E-state index contributed by atoms with van der Waals surface area (Å²) in [6.07, 6.45) is 0. The van der Waals surface area contributed by atoms with Crippen molar-refractivity contribution in [3.63, 3.8) is 0 Å². The highest BCUT2D eigenvalue weighted by Gasteiger charge is 2.00. The van der Waals surface area contributed by atoms with Crippen molar-refractivity contribution in [2.45, 2.75) is 0 Å². The highest BCUT2D eigenvalue weighted by Crippen LogP contribution is 2.19. The zero-order chi connectivity index (χ0) is 7.84. The molecule has 0 amide bonds. The van der Waals surface area contributed by atoms with Gasteiger partial charge in [0.05, 0.1) is 0 Å². The first kappa shape index (κ1) is 6.68. The molecule has 11 heavy (non-hydrogen) atoms. The third-order valence-corrected chi connectivity index (χ3v) is 1.63. The van der Waals surface area contributed by atoms with Crippen LogP contribution < -0.4 is 0 Å². The number of fused-ring (bicyclic) bond motifs is 1. The van der Waals surface area contributed by atoms with Crippen molar-refractivity contribution in [3.05, 3.63) is 36.0 Å². The fourth-order valence-corrected chi connectivity index (χ4v) is 1.11. The van der Waals surface area contributed by atoms with E-state index >= 15 is 0 Å². The second-order valence-corrected chi connectivity index (χ2v) is 2.66. The van der Waals surface area contributed by atoms with Gasteiger partial charge in [-0.15, -0.1) is 0 Å². The lowest BCUT2D eigenvalue weighted by molar-refractivity contribution is 0.579. The average molecular weight is 167 g/mol. The van der Waals surface area contributed by atoms with Gasteiger partial charge in [0, 0.05) is 11.9 Å². The van der Waals surface area contributed by atoms with Gasteiger partial charge in [0.1, 0.15) is 5.52 Å². The summed E-state index contributed by atoms with van der Waals surface area (Å²) in [4.78, 5) is 4.01. The van der Waals surface area contributed by atoms with Crippen LogP contribution in [0.1, 0.15) is 5.89 Å². The minimum atomic E-state index is 0.419. The Morgan fingerprint density at radius 3 is 3.09 bits per heavy atom. The molecule has 1 heterocycles. The van der Waals surface area contributed by atoms with E-state index in [4.69, 9.17) is 16.0 Å². The van der Waals surface area contributed by atoms with Gasteiger partial charge in [-0.1, -0.05) is 11.6 Å². The zero-order valence-corrected chi connectivity index (χ0v) is 6.43. The van der Waals surface area contributed by atoms with Crippen LogP contribution in [0.2, 0.25) is 5.02 Å². The van der Waals surface area contributed by atoms with Gasteiger partial charge in [-0.05, 0) is 18.2 Å². The molecule has 2 rings (SSSR count). The molecule has 0 aliphatic heterocycles. The van der Waals surface area contributed by atoms with Gasteiger partial charge < -0.3 is 4.42 Å². The lowest BCUT2D eigenvalue weighted by Crippen LogP contribution is -1.67. The second-order valence-electron chi connectivity index (χ2n) is 2.22. The van der Waals surface area contributed by atoms with Crippen LogP contribution in [0.25, 0.3) is 11.1 Å². The summed E-state index contributed by atoms with van der Waals surface area (Å²) in [7, 11) is 0. The molecular formula is C8H5ClNO. The Hall–Kier alpha value is -1.02. The molecular weight excluding hydrogens is 162 g/mol. The SMILES string of the molecule is [CH2]c1nc2cc(Cl)ccc2o1. The minimum Gasteiger partial charge on any atom is -0.441 e. The summed E-state index contributed by atoms with van der Waals surface area (Å²) in [5.74, 6) is 0.419. The number of oxazole rings is 1. The predicted octanol–water partition coefficient (Wildman–Crippen LogP) is 2.66. The number of halogens is 1. The number of benzene rings is 1. The molecule has 0 saturated heterocycles. The summed E-state index contributed by atoms with van der Waals surface area (Å²) in [6, 6.07) is 5.28. The first-order chi connectivity index (χ1) is 5.25. The quantitative estimate of drug-likeness (QED) is 0.602. The van der Waals surface area contributed by atoms with Crippen LogP contribution in [-0.4, -0.2) is 4.98 Å². The number of hydrogen-bond donors (Lipinski definition) is 0. The van der Waals surface area contributed by atoms with Gasteiger partial charge in [0.25, 0.3) is 0 Å². The minimum absolute atomic E-state index is 0.419. The number of nitrogens with zero attached hydrogens (tertiary/aromatic N) is 1. The Kier molecular flexibility index (Phi) is 1.36. The second kappa shape index (κ2) is 2.24. The zero-order valence-electron chi connectivity index (χ0n) is 5.67. The molecule has 0 aliphatic carbocycles. The Balaban J connectivity index is 2.82. The van der Waals surface area contributed by atoms with Crippen LogP contribution in [-0.2, 0) is 0 Å². The van der Waals surface area contributed by atoms with Crippen molar-refractivity contribution in [2.24, 2.45) is 0 Å². The van der Waals surface area contributed by atoms with Crippen molar-refractivity contribution >= 4 is 22.7 Å². The maximum Gasteiger partial charge on any atom is 0.195 e. The van der Waals surface area contributed by atoms with Gasteiger partial charge in [0.2, 0.25) is 0 Å². The van der Waals surface area contributed by atoms with E-state index < -0.39 is 0 Å². The van der Waals surface area contributed by atoms with Crippen molar-refractivity contribution in [1.29, 1.82) is 0 Å². The van der Waals surface area contributed by atoms with Crippen molar-refractivity contribution < 1.29 is 4.42 Å². The summed E-state index contributed by atoms with van der Waals surface area (Å²) in [6.45, 7) is 3.57. The summed E-state index contributed by atoms with van der Waals surface area (Å²) >= 11 is 5.73. The van der Waals surface area contributed by atoms with Crippen molar-refractivity contribution in [3.8, 4) is 0 Å². The fourth-order valence-electron chi connectivity index (χ4n) is 0.948. The molecule has 3 heteroatoms. The molecule has 1 radical (unpaired) electrons. The van der Waals surface area contributed by atoms with Gasteiger partial charge in [0.15, 0.2) is 11.5 Å². The molecule has 2 aromatic rings. The van der Waals surface area contributed by atoms with Crippen molar-refractivity contribution in [1.82, 2.24) is 4.98 Å². The van der Waals surface area contributed by atoms with Crippen LogP contribution in [0.4, 0.5) is 0 Å². The van der Waals surface area contributed by atoms with Gasteiger partial charge in [-0.3, -0.25) is 0 Å². The Labute approximate surface area is 68.8 Å². The Morgan fingerprint density at radius 2 is 2.27 bits per heavy atom. The maximum absolute atomic E-state index is 5.73. The van der Waals surface area contributed by atoms with Crippen LogP contribution in [0.3, 0.4) is 0 Å². The molecule has 0 aliphatic rings. The van der Waals surface area contributed by atoms with Crippen LogP contribution in [0, 0.1) is 6.92 Å². The topological polar surface area (TPSA) is 26.0 Å². The fraction of sp³-hybridized carbons (Fsp3) is 0. The Morgan fingerprint density at radius 1 is 1.45 bits per heavy atom. The molecule has 55 valence electrons. The third-order valence-electron chi connectivity index (χ3n) is 1.39. The number of rotatable bonds is 0. The number of aromatic nitrogens is 1.